The fraction of sp³-hybridized carbons (Fsp3) is 0.400. The van der Waals surface area contributed by atoms with Crippen LogP contribution < -0.4 is 10.5 Å². The third-order valence-electron chi connectivity index (χ3n) is 3.68. The van der Waals surface area contributed by atoms with Gasteiger partial charge >= 0.3 is 0 Å². The van der Waals surface area contributed by atoms with E-state index in [1.807, 2.05) is 12.1 Å². The van der Waals surface area contributed by atoms with Crippen molar-refractivity contribution in [2.75, 3.05) is 25.9 Å². The highest BCUT2D eigenvalue weighted by Crippen LogP contribution is 2.24. The zero-order valence-electron chi connectivity index (χ0n) is 11.6. The van der Waals surface area contributed by atoms with Crippen molar-refractivity contribution >= 4 is 16.5 Å². The average molecular weight is 289 g/mol. The van der Waals surface area contributed by atoms with Gasteiger partial charge in [-0.05, 0) is 24.1 Å². The maximum atomic E-state index is 5.78. The molecule has 1 aromatic heterocycles. The van der Waals surface area contributed by atoms with Crippen molar-refractivity contribution in [2.45, 2.75) is 19.4 Å². The molecule has 0 saturated carbocycles. The summed E-state index contributed by atoms with van der Waals surface area (Å²) in [6, 6.07) is 8.31. The Hall–Kier alpha value is -1.59. The zero-order chi connectivity index (χ0) is 13.9. The standard InChI is InChI=1S/C15H19N3OS/c1-19-12-4-2-11(3-5-12)10-18-8-6-13-14(7-9-18)20-15(16)17-13/h2-5H,6-10H2,1H3,(H2,16,17). The van der Waals surface area contributed by atoms with E-state index in [4.69, 9.17) is 10.5 Å². The molecular weight excluding hydrogens is 270 g/mol. The topological polar surface area (TPSA) is 51.4 Å². The number of hydrogen-bond acceptors (Lipinski definition) is 5. The quantitative estimate of drug-likeness (QED) is 0.942. The minimum absolute atomic E-state index is 0.707. The minimum Gasteiger partial charge on any atom is -0.497 e. The second-order valence-electron chi connectivity index (χ2n) is 5.05. The lowest BCUT2D eigenvalue weighted by Gasteiger charge is -2.19. The molecule has 5 heteroatoms. The molecule has 0 fully saturated rings. The van der Waals surface area contributed by atoms with Crippen LogP contribution in [0.4, 0.5) is 5.13 Å². The maximum absolute atomic E-state index is 5.78. The van der Waals surface area contributed by atoms with Gasteiger partial charge in [-0.15, -0.1) is 11.3 Å². The average Bonchev–Trinajstić information content (AvgIpc) is 2.73. The van der Waals surface area contributed by atoms with Crippen molar-refractivity contribution in [3.05, 3.63) is 40.4 Å². The summed E-state index contributed by atoms with van der Waals surface area (Å²) in [5.74, 6) is 0.909. The molecule has 0 bridgehead atoms. The summed E-state index contributed by atoms with van der Waals surface area (Å²) in [4.78, 5) is 8.27. The Morgan fingerprint density at radius 2 is 2.00 bits per heavy atom. The Morgan fingerprint density at radius 1 is 1.25 bits per heavy atom. The van der Waals surface area contributed by atoms with Gasteiger partial charge in [0.25, 0.3) is 0 Å². The zero-order valence-corrected chi connectivity index (χ0v) is 12.4. The van der Waals surface area contributed by atoms with E-state index in [0.717, 1.165) is 38.2 Å². The van der Waals surface area contributed by atoms with Crippen LogP contribution in [0.3, 0.4) is 0 Å². The Kier molecular flexibility index (Phi) is 3.89. The molecule has 0 aliphatic carbocycles. The van der Waals surface area contributed by atoms with Gasteiger partial charge in [0.05, 0.1) is 12.8 Å². The van der Waals surface area contributed by atoms with Gasteiger partial charge in [0.2, 0.25) is 0 Å². The predicted octanol–water partition coefficient (Wildman–Crippen LogP) is 2.33. The summed E-state index contributed by atoms with van der Waals surface area (Å²) in [6.07, 6.45) is 2.06. The van der Waals surface area contributed by atoms with Crippen molar-refractivity contribution in [3.63, 3.8) is 0 Å². The summed E-state index contributed by atoms with van der Waals surface area (Å²) in [7, 11) is 1.70. The Bertz CT molecular complexity index is 554. The van der Waals surface area contributed by atoms with Gasteiger partial charge in [-0.1, -0.05) is 12.1 Å². The number of aromatic nitrogens is 1. The molecule has 0 saturated heterocycles. The van der Waals surface area contributed by atoms with Gasteiger partial charge in [0.15, 0.2) is 5.13 Å². The largest absolute Gasteiger partial charge is 0.497 e. The summed E-state index contributed by atoms with van der Waals surface area (Å²) in [5, 5.41) is 0.707. The highest BCUT2D eigenvalue weighted by molar-refractivity contribution is 7.15. The molecule has 2 aromatic rings. The Morgan fingerprint density at radius 3 is 2.75 bits per heavy atom. The molecule has 0 unspecified atom stereocenters. The second kappa shape index (κ2) is 5.81. The fourth-order valence-electron chi connectivity index (χ4n) is 2.58. The third kappa shape index (κ3) is 2.94. The van der Waals surface area contributed by atoms with Crippen molar-refractivity contribution < 1.29 is 4.74 Å². The SMILES string of the molecule is COc1ccc(CN2CCc3nc(N)sc3CC2)cc1. The highest BCUT2D eigenvalue weighted by atomic mass is 32.1. The van der Waals surface area contributed by atoms with E-state index in [-0.39, 0.29) is 0 Å². The van der Waals surface area contributed by atoms with Crippen LogP contribution in [0.15, 0.2) is 24.3 Å². The molecule has 1 aliphatic heterocycles. The van der Waals surface area contributed by atoms with E-state index in [9.17, 15) is 0 Å². The smallest absolute Gasteiger partial charge is 0.180 e. The number of nitrogens with two attached hydrogens (primary N) is 1. The van der Waals surface area contributed by atoms with Crippen LogP contribution in [0, 0.1) is 0 Å². The number of rotatable bonds is 3. The first-order chi connectivity index (χ1) is 9.74. The van der Waals surface area contributed by atoms with Crippen LogP contribution in [0.2, 0.25) is 0 Å². The molecule has 0 atom stereocenters. The van der Waals surface area contributed by atoms with E-state index in [0.29, 0.717) is 5.13 Å². The van der Waals surface area contributed by atoms with E-state index in [1.54, 1.807) is 18.4 Å². The van der Waals surface area contributed by atoms with Crippen LogP contribution in [-0.2, 0) is 19.4 Å². The maximum Gasteiger partial charge on any atom is 0.180 e. The van der Waals surface area contributed by atoms with Gasteiger partial charge in [-0.3, -0.25) is 4.90 Å². The molecule has 0 spiro atoms. The number of nitrogen functional groups attached to an aromatic ring is 1. The molecule has 106 valence electrons. The molecule has 2 N–H and O–H groups in total. The fourth-order valence-corrected chi connectivity index (χ4v) is 3.44. The Balaban J connectivity index is 1.63. The van der Waals surface area contributed by atoms with E-state index < -0.39 is 0 Å². The number of fused-ring (bicyclic) bond motifs is 1. The van der Waals surface area contributed by atoms with Crippen LogP contribution >= 0.6 is 11.3 Å². The van der Waals surface area contributed by atoms with Crippen LogP contribution in [-0.4, -0.2) is 30.1 Å². The van der Waals surface area contributed by atoms with Crippen LogP contribution in [0.1, 0.15) is 16.1 Å². The molecule has 1 aliphatic rings. The molecule has 0 radical (unpaired) electrons. The van der Waals surface area contributed by atoms with Crippen LogP contribution in [0.25, 0.3) is 0 Å². The summed E-state index contributed by atoms with van der Waals surface area (Å²) in [6.45, 7) is 3.09. The van der Waals surface area contributed by atoms with Gasteiger partial charge < -0.3 is 10.5 Å². The van der Waals surface area contributed by atoms with Crippen molar-refractivity contribution in [3.8, 4) is 5.75 Å². The number of anilines is 1. The predicted molar refractivity (Wildman–Crippen MR) is 82.2 cm³/mol. The molecule has 4 nitrogen and oxygen atoms in total. The first-order valence-corrected chi connectivity index (χ1v) is 7.65. The first kappa shape index (κ1) is 13.4. The highest BCUT2D eigenvalue weighted by Gasteiger charge is 2.17. The number of methoxy groups -OCH3 is 1. The first-order valence-electron chi connectivity index (χ1n) is 6.84. The normalized spacial score (nSPS) is 15.7. The molecule has 20 heavy (non-hydrogen) atoms. The van der Waals surface area contributed by atoms with Crippen molar-refractivity contribution in [1.82, 2.24) is 9.88 Å². The lowest BCUT2D eigenvalue weighted by atomic mass is 10.2. The number of nitrogens with zero attached hydrogens (tertiary/aromatic N) is 2. The summed E-state index contributed by atoms with van der Waals surface area (Å²) < 4.78 is 5.19. The van der Waals surface area contributed by atoms with E-state index >= 15 is 0 Å². The monoisotopic (exact) mass is 289 g/mol. The van der Waals surface area contributed by atoms with E-state index in [1.165, 1.54) is 16.1 Å². The van der Waals surface area contributed by atoms with Crippen LogP contribution in [0.5, 0.6) is 5.75 Å². The lowest BCUT2D eigenvalue weighted by molar-refractivity contribution is 0.279. The van der Waals surface area contributed by atoms with Gasteiger partial charge in [-0.2, -0.15) is 0 Å². The van der Waals surface area contributed by atoms with Gasteiger partial charge in [0, 0.05) is 30.9 Å². The molecule has 2 heterocycles. The molecular formula is C15H19N3OS. The second-order valence-corrected chi connectivity index (χ2v) is 6.16. The Labute approximate surface area is 123 Å². The molecule has 0 amide bonds. The van der Waals surface area contributed by atoms with Crippen molar-refractivity contribution in [1.29, 1.82) is 0 Å². The van der Waals surface area contributed by atoms with Gasteiger partial charge in [0.1, 0.15) is 5.75 Å². The number of hydrogen-bond donors (Lipinski definition) is 1. The van der Waals surface area contributed by atoms with E-state index in [2.05, 4.69) is 22.0 Å². The number of ether oxygens (including phenoxy) is 1. The molecule has 3 rings (SSSR count). The minimum atomic E-state index is 0.707. The number of thiazole rings is 1. The number of benzene rings is 1. The summed E-state index contributed by atoms with van der Waals surface area (Å²) in [5.41, 5.74) is 8.30. The third-order valence-corrected chi connectivity index (χ3v) is 4.67. The summed E-state index contributed by atoms with van der Waals surface area (Å²) >= 11 is 1.64. The molecule has 1 aromatic carbocycles. The lowest BCUT2D eigenvalue weighted by Crippen LogP contribution is -2.26. The van der Waals surface area contributed by atoms with Crippen molar-refractivity contribution in [2.24, 2.45) is 0 Å². The van der Waals surface area contributed by atoms with Gasteiger partial charge in [-0.25, -0.2) is 4.98 Å².